The minimum absolute atomic E-state index is 0.169. The standard InChI is InChI=1S/C16H33N3O2/c1-5-6-7-13-10-14(12-19(11-13)9-8-17)18-15(20)21-16(2,3)4/h13-14H,5-12,17H2,1-4H3,(H,18,20). The van der Waals surface area contributed by atoms with Gasteiger partial charge in [0.2, 0.25) is 0 Å². The van der Waals surface area contributed by atoms with E-state index in [0.29, 0.717) is 12.5 Å². The van der Waals surface area contributed by atoms with Crippen LogP contribution >= 0.6 is 0 Å². The fraction of sp³-hybridized carbons (Fsp3) is 0.938. The number of nitrogens with one attached hydrogen (secondary N) is 1. The van der Waals surface area contributed by atoms with Gasteiger partial charge in [-0.15, -0.1) is 0 Å². The second-order valence-corrected chi connectivity index (χ2v) is 7.14. The average molecular weight is 299 g/mol. The summed E-state index contributed by atoms with van der Waals surface area (Å²) in [5.41, 5.74) is 5.23. The zero-order valence-electron chi connectivity index (χ0n) is 14.2. The van der Waals surface area contributed by atoms with Gasteiger partial charge in [0.05, 0.1) is 0 Å². The topological polar surface area (TPSA) is 67.6 Å². The maximum atomic E-state index is 11.9. The van der Waals surface area contributed by atoms with Gasteiger partial charge in [-0.1, -0.05) is 19.8 Å². The third-order valence-electron chi connectivity index (χ3n) is 3.74. The molecule has 21 heavy (non-hydrogen) atoms. The molecule has 0 aromatic carbocycles. The molecule has 0 bridgehead atoms. The lowest BCUT2D eigenvalue weighted by Crippen LogP contribution is -2.52. The first kappa shape index (κ1) is 18.2. The van der Waals surface area contributed by atoms with Gasteiger partial charge in [-0.3, -0.25) is 4.90 Å². The third kappa shape index (κ3) is 7.67. The molecule has 3 N–H and O–H groups in total. The van der Waals surface area contributed by atoms with Gasteiger partial charge in [-0.2, -0.15) is 0 Å². The molecule has 1 heterocycles. The van der Waals surface area contributed by atoms with Gasteiger partial charge in [-0.05, 0) is 39.5 Å². The molecule has 0 aromatic rings. The fourth-order valence-corrected chi connectivity index (χ4v) is 2.95. The average Bonchev–Trinajstić information content (AvgIpc) is 2.34. The van der Waals surface area contributed by atoms with Gasteiger partial charge < -0.3 is 15.8 Å². The van der Waals surface area contributed by atoms with Gasteiger partial charge >= 0.3 is 6.09 Å². The summed E-state index contributed by atoms with van der Waals surface area (Å²) in [6.45, 7) is 11.4. The molecule has 5 nitrogen and oxygen atoms in total. The predicted molar refractivity (Wildman–Crippen MR) is 86.3 cm³/mol. The molecule has 0 radical (unpaired) electrons. The van der Waals surface area contributed by atoms with E-state index in [1.807, 2.05) is 20.8 Å². The van der Waals surface area contributed by atoms with Crippen LogP contribution in [0, 0.1) is 5.92 Å². The SMILES string of the molecule is CCCCC1CC(NC(=O)OC(C)(C)C)CN(CCN)C1. The lowest BCUT2D eigenvalue weighted by molar-refractivity contribution is 0.0447. The Balaban J connectivity index is 2.52. The number of nitrogens with zero attached hydrogens (tertiary/aromatic N) is 1. The summed E-state index contributed by atoms with van der Waals surface area (Å²) in [6, 6.07) is 0.169. The molecule has 5 heteroatoms. The number of alkyl carbamates (subject to hydrolysis) is 1. The molecule has 0 aromatic heterocycles. The lowest BCUT2D eigenvalue weighted by Gasteiger charge is -2.38. The Hall–Kier alpha value is -0.810. The van der Waals surface area contributed by atoms with Crippen LogP contribution in [0.25, 0.3) is 0 Å². The normalized spacial score (nSPS) is 23.9. The number of rotatable bonds is 6. The Kier molecular flexibility index (Phi) is 7.46. The second-order valence-electron chi connectivity index (χ2n) is 7.14. The van der Waals surface area contributed by atoms with Crippen LogP contribution in [0.1, 0.15) is 53.4 Å². The molecule has 1 aliphatic heterocycles. The summed E-state index contributed by atoms with van der Waals surface area (Å²) in [7, 11) is 0. The summed E-state index contributed by atoms with van der Waals surface area (Å²) < 4.78 is 5.36. The zero-order valence-corrected chi connectivity index (χ0v) is 14.2. The van der Waals surface area contributed by atoms with E-state index in [9.17, 15) is 4.79 Å². The highest BCUT2D eigenvalue weighted by molar-refractivity contribution is 5.68. The van der Waals surface area contributed by atoms with Crippen molar-refractivity contribution < 1.29 is 9.53 Å². The molecule has 1 fully saturated rings. The van der Waals surface area contributed by atoms with Crippen molar-refractivity contribution in [3.05, 3.63) is 0 Å². The van der Waals surface area contributed by atoms with E-state index in [0.717, 1.165) is 26.1 Å². The molecular weight excluding hydrogens is 266 g/mol. The molecule has 0 spiro atoms. The molecule has 124 valence electrons. The molecule has 1 amide bonds. The van der Waals surface area contributed by atoms with Crippen LogP contribution in [0.2, 0.25) is 0 Å². The first-order valence-electron chi connectivity index (χ1n) is 8.26. The first-order valence-corrected chi connectivity index (χ1v) is 8.26. The van der Waals surface area contributed by atoms with Gasteiger partial charge in [-0.25, -0.2) is 4.79 Å². The molecule has 0 saturated carbocycles. The number of carbonyl (C=O) groups excluding carboxylic acids is 1. The van der Waals surface area contributed by atoms with E-state index in [4.69, 9.17) is 10.5 Å². The molecule has 1 aliphatic rings. The van der Waals surface area contributed by atoms with Crippen molar-refractivity contribution in [3.8, 4) is 0 Å². The Labute approximate surface area is 129 Å². The van der Waals surface area contributed by atoms with Gasteiger partial charge in [0.15, 0.2) is 0 Å². The lowest BCUT2D eigenvalue weighted by atomic mass is 9.90. The van der Waals surface area contributed by atoms with Gasteiger partial charge in [0.1, 0.15) is 5.60 Å². The zero-order chi connectivity index (χ0) is 15.9. The van der Waals surface area contributed by atoms with Crippen LogP contribution < -0.4 is 11.1 Å². The van der Waals surface area contributed by atoms with Crippen molar-refractivity contribution >= 4 is 6.09 Å². The number of likely N-dealkylation sites (tertiary alicyclic amines) is 1. The largest absolute Gasteiger partial charge is 0.444 e. The minimum atomic E-state index is -0.447. The van der Waals surface area contributed by atoms with Crippen LogP contribution in [0.15, 0.2) is 0 Å². The van der Waals surface area contributed by atoms with Crippen molar-refractivity contribution in [3.63, 3.8) is 0 Å². The highest BCUT2D eigenvalue weighted by atomic mass is 16.6. The summed E-state index contributed by atoms with van der Waals surface area (Å²) in [5, 5.41) is 3.03. The first-order chi connectivity index (χ1) is 9.84. The predicted octanol–water partition coefficient (Wildman–Crippen LogP) is 2.35. The highest BCUT2D eigenvalue weighted by Crippen LogP contribution is 2.22. The summed E-state index contributed by atoms with van der Waals surface area (Å²) in [5.74, 6) is 0.644. The fourth-order valence-electron chi connectivity index (χ4n) is 2.95. The minimum Gasteiger partial charge on any atom is -0.444 e. The Morgan fingerprint density at radius 3 is 2.67 bits per heavy atom. The van der Waals surface area contributed by atoms with E-state index in [2.05, 4.69) is 17.1 Å². The summed E-state index contributed by atoms with van der Waals surface area (Å²) in [4.78, 5) is 14.3. The quantitative estimate of drug-likeness (QED) is 0.790. The Morgan fingerprint density at radius 1 is 1.38 bits per heavy atom. The van der Waals surface area contributed by atoms with E-state index in [1.54, 1.807) is 0 Å². The van der Waals surface area contributed by atoms with E-state index < -0.39 is 5.60 Å². The number of hydrogen-bond donors (Lipinski definition) is 2. The van der Waals surface area contributed by atoms with Crippen molar-refractivity contribution in [2.45, 2.75) is 65.0 Å². The van der Waals surface area contributed by atoms with Crippen LogP contribution in [0.3, 0.4) is 0 Å². The molecule has 0 aliphatic carbocycles. The van der Waals surface area contributed by atoms with Gasteiger partial charge in [0, 0.05) is 32.2 Å². The van der Waals surface area contributed by atoms with E-state index in [1.165, 1.54) is 19.3 Å². The molecule has 2 atom stereocenters. The number of piperidine rings is 1. The number of nitrogens with two attached hydrogens (primary N) is 1. The van der Waals surface area contributed by atoms with Crippen molar-refractivity contribution in [2.24, 2.45) is 11.7 Å². The number of unbranched alkanes of at least 4 members (excludes halogenated alkanes) is 1. The highest BCUT2D eigenvalue weighted by Gasteiger charge is 2.28. The van der Waals surface area contributed by atoms with Crippen LogP contribution in [0.4, 0.5) is 4.79 Å². The second kappa shape index (κ2) is 8.59. The third-order valence-corrected chi connectivity index (χ3v) is 3.74. The van der Waals surface area contributed by atoms with Crippen LogP contribution in [-0.4, -0.2) is 48.8 Å². The summed E-state index contributed by atoms with van der Waals surface area (Å²) >= 11 is 0. The maximum Gasteiger partial charge on any atom is 0.407 e. The van der Waals surface area contributed by atoms with Crippen LogP contribution in [-0.2, 0) is 4.74 Å². The van der Waals surface area contributed by atoms with Crippen molar-refractivity contribution in [1.82, 2.24) is 10.2 Å². The Bertz CT molecular complexity index is 315. The van der Waals surface area contributed by atoms with Crippen LogP contribution in [0.5, 0.6) is 0 Å². The smallest absolute Gasteiger partial charge is 0.407 e. The van der Waals surface area contributed by atoms with Gasteiger partial charge in [0.25, 0.3) is 0 Å². The molecule has 1 saturated heterocycles. The number of hydrogen-bond acceptors (Lipinski definition) is 4. The van der Waals surface area contributed by atoms with E-state index >= 15 is 0 Å². The number of carbonyl (C=O) groups is 1. The van der Waals surface area contributed by atoms with Crippen molar-refractivity contribution in [1.29, 1.82) is 0 Å². The maximum absolute atomic E-state index is 11.9. The molecular formula is C16H33N3O2. The molecule has 2 unspecified atom stereocenters. The Morgan fingerprint density at radius 2 is 2.10 bits per heavy atom. The number of ether oxygens (including phenoxy) is 1. The monoisotopic (exact) mass is 299 g/mol. The molecule has 1 rings (SSSR count). The van der Waals surface area contributed by atoms with Crippen molar-refractivity contribution in [2.75, 3.05) is 26.2 Å². The van der Waals surface area contributed by atoms with E-state index in [-0.39, 0.29) is 12.1 Å². The summed E-state index contributed by atoms with van der Waals surface area (Å²) in [6.07, 6.45) is 4.43. The number of amides is 1.